The van der Waals surface area contributed by atoms with Gasteiger partial charge in [0.25, 0.3) is 0 Å². The minimum atomic E-state index is -0.487. The second-order valence-electron chi connectivity index (χ2n) is 6.89. The summed E-state index contributed by atoms with van der Waals surface area (Å²) in [5.74, 6) is -1.56. The zero-order chi connectivity index (χ0) is 22.7. The van der Waals surface area contributed by atoms with E-state index in [4.69, 9.17) is 0 Å². The van der Waals surface area contributed by atoms with E-state index in [1.165, 1.54) is 42.5 Å². The van der Waals surface area contributed by atoms with E-state index in [0.29, 0.717) is 16.5 Å². The van der Waals surface area contributed by atoms with Crippen molar-refractivity contribution in [2.75, 3.05) is 11.1 Å². The maximum absolute atomic E-state index is 14.4. The third-order valence-electron chi connectivity index (χ3n) is 4.64. The molecule has 0 aliphatic rings. The number of rotatable bonds is 6. The van der Waals surface area contributed by atoms with Crippen molar-refractivity contribution in [1.82, 2.24) is 14.8 Å². The maximum atomic E-state index is 14.4. The monoisotopic (exact) mass is 454 g/mol. The largest absolute Gasteiger partial charge is 0.325 e. The van der Waals surface area contributed by atoms with Crippen LogP contribution >= 0.6 is 11.8 Å². The van der Waals surface area contributed by atoms with Crippen LogP contribution in [0.25, 0.3) is 17.1 Å². The van der Waals surface area contributed by atoms with Crippen LogP contribution in [-0.4, -0.2) is 26.4 Å². The molecule has 1 aromatic heterocycles. The number of anilines is 1. The summed E-state index contributed by atoms with van der Waals surface area (Å²) in [6.07, 6.45) is 0. The Balaban J connectivity index is 1.62. The van der Waals surface area contributed by atoms with Crippen molar-refractivity contribution in [2.45, 2.75) is 12.1 Å². The topological polar surface area (TPSA) is 59.8 Å². The Bertz CT molecular complexity index is 1270. The summed E-state index contributed by atoms with van der Waals surface area (Å²) in [5.41, 5.74) is 1.83. The minimum absolute atomic E-state index is 0.0491. The van der Waals surface area contributed by atoms with Crippen molar-refractivity contribution < 1.29 is 18.0 Å². The summed E-state index contributed by atoms with van der Waals surface area (Å²) in [4.78, 5) is 12.5. The minimum Gasteiger partial charge on any atom is -0.325 e. The number of amides is 1. The van der Waals surface area contributed by atoms with Crippen LogP contribution in [0, 0.1) is 24.4 Å². The molecule has 1 N–H and O–H groups in total. The average molecular weight is 454 g/mol. The van der Waals surface area contributed by atoms with Gasteiger partial charge in [-0.3, -0.25) is 9.36 Å². The van der Waals surface area contributed by atoms with Gasteiger partial charge in [-0.2, -0.15) is 0 Å². The molecule has 0 saturated carbocycles. The number of hydrogen-bond donors (Lipinski definition) is 1. The lowest BCUT2D eigenvalue weighted by atomic mass is 10.2. The molecule has 0 fully saturated rings. The molecular weight excluding hydrogens is 437 g/mol. The van der Waals surface area contributed by atoms with Crippen LogP contribution in [0.2, 0.25) is 0 Å². The van der Waals surface area contributed by atoms with Crippen LogP contribution in [0.5, 0.6) is 0 Å². The molecule has 1 amide bonds. The van der Waals surface area contributed by atoms with Gasteiger partial charge in [0.05, 0.1) is 11.3 Å². The number of benzene rings is 3. The molecule has 5 nitrogen and oxygen atoms in total. The molecule has 4 aromatic rings. The quantitative estimate of drug-likeness (QED) is 0.397. The Morgan fingerprint density at radius 2 is 1.69 bits per heavy atom. The van der Waals surface area contributed by atoms with E-state index in [0.717, 1.165) is 17.3 Å². The number of nitrogens with one attached hydrogen (secondary N) is 1. The first-order valence-corrected chi connectivity index (χ1v) is 10.6. The first-order chi connectivity index (χ1) is 15.4. The van der Waals surface area contributed by atoms with Gasteiger partial charge in [-0.15, -0.1) is 10.2 Å². The van der Waals surface area contributed by atoms with E-state index < -0.39 is 17.5 Å². The number of halogens is 3. The highest BCUT2D eigenvalue weighted by Crippen LogP contribution is 2.29. The van der Waals surface area contributed by atoms with Crippen LogP contribution < -0.4 is 5.32 Å². The number of carbonyl (C=O) groups excluding carboxylic acids is 1. The molecule has 3 aromatic carbocycles. The molecule has 0 unspecified atom stereocenters. The third kappa shape index (κ3) is 4.67. The lowest BCUT2D eigenvalue weighted by Crippen LogP contribution is -2.15. The number of aryl methyl sites for hydroxylation is 1. The van der Waals surface area contributed by atoms with Crippen molar-refractivity contribution in [3.05, 3.63) is 89.7 Å². The number of hydrogen-bond acceptors (Lipinski definition) is 4. The van der Waals surface area contributed by atoms with Gasteiger partial charge in [-0.1, -0.05) is 30.0 Å². The van der Waals surface area contributed by atoms with Crippen molar-refractivity contribution in [3.63, 3.8) is 0 Å². The molecule has 162 valence electrons. The van der Waals surface area contributed by atoms with E-state index >= 15 is 0 Å². The van der Waals surface area contributed by atoms with E-state index in [-0.39, 0.29) is 23.0 Å². The Hall–Kier alpha value is -3.59. The Morgan fingerprint density at radius 1 is 0.969 bits per heavy atom. The van der Waals surface area contributed by atoms with Gasteiger partial charge in [-0.05, 0) is 61.0 Å². The zero-order valence-electron chi connectivity index (χ0n) is 16.8. The SMILES string of the molecule is Cc1ccc(F)cc1NC(=O)CSc1nnc(-c2ccccc2F)n1-c1ccc(F)cc1. The first kappa shape index (κ1) is 21.6. The van der Waals surface area contributed by atoms with Crippen molar-refractivity contribution in [1.29, 1.82) is 0 Å². The highest BCUT2D eigenvalue weighted by Gasteiger charge is 2.19. The standard InChI is InChI=1S/C23H17F3N4OS/c1-14-6-7-16(25)12-20(14)27-21(31)13-32-23-29-28-22(18-4-2-3-5-19(18)26)30(23)17-10-8-15(24)9-11-17/h2-12H,13H2,1H3,(H,27,31). The lowest BCUT2D eigenvalue weighted by molar-refractivity contribution is -0.113. The van der Waals surface area contributed by atoms with Crippen molar-refractivity contribution in [2.24, 2.45) is 0 Å². The molecular formula is C23H17F3N4OS. The summed E-state index contributed by atoms with van der Waals surface area (Å²) in [6, 6.07) is 15.8. The van der Waals surface area contributed by atoms with Gasteiger partial charge in [0.15, 0.2) is 11.0 Å². The van der Waals surface area contributed by atoms with Crippen LogP contribution in [-0.2, 0) is 4.79 Å². The Kier molecular flexibility index (Phi) is 6.27. The van der Waals surface area contributed by atoms with Gasteiger partial charge < -0.3 is 5.32 Å². The van der Waals surface area contributed by atoms with Crippen LogP contribution in [0.4, 0.5) is 18.9 Å². The van der Waals surface area contributed by atoms with Gasteiger partial charge in [0, 0.05) is 11.4 Å². The number of nitrogens with zero attached hydrogens (tertiary/aromatic N) is 3. The summed E-state index contributed by atoms with van der Waals surface area (Å²) in [7, 11) is 0. The first-order valence-electron chi connectivity index (χ1n) is 9.57. The van der Waals surface area contributed by atoms with Crippen LogP contribution in [0.15, 0.2) is 71.9 Å². The Labute approximate surface area is 186 Å². The molecule has 0 saturated heterocycles. The highest BCUT2D eigenvalue weighted by atomic mass is 32.2. The number of carbonyl (C=O) groups is 1. The van der Waals surface area contributed by atoms with E-state index in [2.05, 4.69) is 15.5 Å². The molecule has 1 heterocycles. The van der Waals surface area contributed by atoms with Crippen molar-refractivity contribution >= 4 is 23.4 Å². The molecule has 9 heteroatoms. The summed E-state index contributed by atoms with van der Waals surface area (Å²) >= 11 is 1.07. The molecule has 0 spiro atoms. The van der Waals surface area contributed by atoms with Gasteiger partial charge in [-0.25, -0.2) is 13.2 Å². The smallest absolute Gasteiger partial charge is 0.234 e. The van der Waals surface area contributed by atoms with E-state index in [9.17, 15) is 18.0 Å². The highest BCUT2D eigenvalue weighted by molar-refractivity contribution is 7.99. The second-order valence-corrected chi connectivity index (χ2v) is 7.84. The molecule has 0 bridgehead atoms. The third-order valence-corrected chi connectivity index (χ3v) is 5.57. The normalized spacial score (nSPS) is 10.9. The van der Waals surface area contributed by atoms with Gasteiger partial charge >= 0.3 is 0 Å². The lowest BCUT2D eigenvalue weighted by Gasteiger charge is -2.11. The summed E-state index contributed by atoms with van der Waals surface area (Å²) < 4.78 is 42.9. The van der Waals surface area contributed by atoms with Crippen LogP contribution in [0.1, 0.15) is 5.56 Å². The molecule has 0 radical (unpaired) electrons. The molecule has 32 heavy (non-hydrogen) atoms. The number of thioether (sulfide) groups is 1. The predicted octanol–water partition coefficient (Wildman–Crippen LogP) is 5.39. The fraction of sp³-hybridized carbons (Fsp3) is 0.0870. The van der Waals surface area contributed by atoms with Crippen molar-refractivity contribution in [3.8, 4) is 17.1 Å². The van der Waals surface area contributed by atoms with Gasteiger partial charge in [0.1, 0.15) is 17.5 Å². The maximum Gasteiger partial charge on any atom is 0.234 e. The zero-order valence-corrected chi connectivity index (χ0v) is 17.7. The molecule has 0 aliphatic heterocycles. The second kappa shape index (κ2) is 9.27. The number of aromatic nitrogens is 3. The van der Waals surface area contributed by atoms with E-state index in [1.54, 1.807) is 35.8 Å². The fourth-order valence-electron chi connectivity index (χ4n) is 3.05. The molecule has 0 aliphatic carbocycles. The summed E-state index contributed by atoms with van der Waals surface area (Å²) in [6.45, 7) is 1.76. The van der Waals surface area contributed by atoms with E-state index in [1.807, 2.05) is 0 Å². The molecule has 0 atom stereocenters. The Morgan fingerprint density at radius 3 is 2.44 bits per heavy atom. The summed E-state index contributed by atoms with van der Waals surface area (Å²) in [5, 5.41) is 11.2. The predicted molar refractivity (Wildman–Crippen MR) is 117 cm³/mol. The van der Waals surface area contributed by atoms with Crippen LogP contribution in [0.3, 0.4) is 0 Å². The van der Waals surface area contributed by atoms with Gasteiger partial charge in [0.2, 0.25) is 5.91 Å². The molecule has 4 rings (SSSR count). The average Bonchev–Trinajstić information content (AvgIpc) is 3.19. The fourth-order valence-corrected chi connectivity index (χ4v) is 3.80.